The van der Waals surface area contributed by atoms with Crippen molar-refractivity contribution in [2.45, 2.75) is 61.8 Å². The third kappa shape index (κ3) is 3.09. The van der Waals surface area contributed by atoms with Gasteiger partial charge in [-0.3, -0.25) is 0 Å². The highest BCUT2D eigenvalue weighted by molar-refractivity contribution is 14.1. The van der Waals surface area contributed by atoms with Crippen molar-refractivity contribution in [1.82, 2.24) is 0 Å². The van der Waals surface area contributed by atoms with Gasteiger partial charge in [0.05, 0.1) is 0 Å². The third-order valence-electron chi connectivity index (χ3n) is 4.52. The van der Waals surface area contributed by atoms with Crippen molar-refractivity contribution >= 4 is 22.6 Å². The number of hydrogen-bond donors (Lipinski definition) is 1. The molecule has 0 bridgehead atoms. The quantitative estimate of drug-likeness (QED) is 0.578. The first-order chi connectivity index (χ1) is 7.20. The average molecular weight is 321 g/mol. The highest BCUT2D eigenvalue weighted by Crippen LogP contribution is 2.45. The minimum absolute atomic E-state index is 0.568. The molecule has 0 saturated heterocycles. The van der Waals surface area contributed by atoms with Crippen molar-refractivity contribution in [3.8, 4) is 0 Å². The topological polar surface area (TPSA) is 26.0 Å². The molecule has 0 aliphatic heterocycles. The summed E-state index contributed by atoms with van der Waals surface area (Å²) in [6, 6.07) is 0.568. The van der Waals surface area contributed by atoms with Gasteiger partial charge in [-0.2, -0.15) is 0 Å². The molecule has 0 aromatic carbocycles. The molecular weight excluding hydrogens is 297 g/mol. The number of rotatable bonds is 1. The summed E-state index contributed by atoms with van der Waals surface area (Å²) in [6.07, 6.45) is 10.0. The molecular formula is C13H24IN. The summed E-state index contributed by atoms with van der Waals surface area (Å²) in [6.45, 7) is 2.38. The van der Waals surface area contributed by atoms with E-state index >= 15 is 0 Å². The number of hydrogen-bond acceptors (Lipinski definition) is 1. The second-order valence-electron chi connectivity index (χ2n) is 5.56. The van der Waals surface area contributed by atoms with Gasteiger partial charge in [-0.15, -0.1) is 0 Å². The van der Waals surface area contributed by atoms with Crippen LogP contribution in [0.25, 0.3) is 0 Å². The molecule has 2 rings (SSSR count). The van der Waals surface area contributed by atoms with Crippen LogP contribution in [0, 0.1) is 17.8 Å². The largest absolute Gasteiger partial charge is 0.327 e. The summed E-state index contributed by atoms with van der Waals surface area (Å²) < 4.78 is 0.852. The van der Waals surface area contributed by atoms with E-state index in [4.69, 9.17) is 5.73 Å². The molecule has 0 amide bonds. The second kappa shape index (κ2) is 5.35. The van der Waals surface area contributed by atoms with Gasteiger partial charge in [0.1, 0.15) is 0 Å². The fourth-order valence-electron chi connectivity index (χ4n) is 3.29. The van der Waals surface area contributed by atoms with E-state index < -0.39 is 0 Å². The van der Waals surface area contributed by atoms with Crippen LogP contribution in [0.4, 0.5) is 0 Å². The Morgan fingerprint density at radius 2 is 1.53 bits per heavy atom. The van der Waals surface area contributed by atoms with E-state index in [9.17, 15) is 0 Å². The van der Waals surface area contributed by atoms with Crippen LogP contribution in [0.2, 0.25) is 0 Å². The first kappa shape index (κ1) is 12.2. The van der Waals surface area contributed by atoms with E-state index in [1.165, 1.54) is 44.9 Å². The smallest absolute Gasteiger partial charge is 0.0110 e. The van der Waals surface area contributed by atoms with Crippen LogP contribution in [-0.2, 0) is 0 Å². The van der Waals surface area contributed by atoms with Gasteiger partial charge in [0, 0.05) is 9.97 Å². The normalized spacial score (nSPS) is 44.2. The van der Waals surface area contributed by atoms with Crippen LogP contribution in [0.15, 0.2) is 0 Å². The fourth-order valence-corrected chi connectivity index (χ4v) is 4.01. The fraction of sp³-hybridized carbons (Fsp3) is 1.00. The minimum atomic E-state index is 0.568. The van der Waals surface area contributed by atoms with E-state index in [2.05, 4.69) is 29.5 Å². The van der Waals surface area contributed by atoms with Crippen LogP contribution >= 0.6 is 22.6 Å². The van der Waals surface area contributed by atoms with Crippen LogP contribution in [-0.4, -0.2) is 9.97 Å². The van der Waals surface area contributed by atoms with Gasteiger partial charge >= 0.3 is 0 Å². The molecule has 2 heteroatoms. The maximum atomic E-state index is 6.11. The molecule has 5 unspecified atom stereocenters. The second-order valence-corrected chi connectivity index (χ2v) is 7.52. The van der Waals surface area contributed by atoms with Crippen molar-refractivity contribution in [1.29, 1.82) is 0 Å². The molecule has 0 aromatic rings. The van der Waals surface area contributed by atoms with E-state index in [0.29, 0.717) is 6.04 Å². The van der Waals surface area contributed by atoms with E-state index in [1.807, 2.05) is 0 Å². The molecule has 2 N–H and O–H groups in total. The first-order valence-electron chi connectivity index (χ1n) is 6.60. The number of nitrogens with two attached hydrogens (primary N) is 1. The predicted molar refractivity (Wildman–Crippen MR) is 74.2 cm³/mol. The number of alkyl halides is 1. The molecule has 0 radical (unpaired) electrons. The highest BCUT2D eigenvalue weighted by Gasteiger charge is 2.45. The SMILES string of the molecule is CC(I)C1CCCCC2C(N)C2CCC1. The monoisotopic (exact) mass is 321 g/mol. The molecule has 1 nitrogen and oxygen atoms in total. The van der Waals surface area contributed by atoms with Gasteiger partial charge in [0.15, 0.2) is 0 Å². The summed E-state index contributed by atoms with van der Waals surface area (Å²) in [4.78, 5) is 0. The zero-order valence-electron chi connectivity index (χ0n) is 9.79. The lowest BCUT2D eigenvalue weighted by molar-refractivity contribution is 0.387. The highest BCUT2D eigenvalue weighted by atomic mass is 127. The Bertz CT molecular complexity index is 205. The lowest BCUT2D eigenvalue weighted by Crippen LogP contribution is -2.11. The van der Waals surface area contributed by atoms with Crippen LogP contribution in [0.3, 0.4) is 0 Å². The molecule has 88 valence electrons. The maximum Gasteiger partial charge on any atom is 0.0110 e. The van der Waals surface area contributed by atoms with Gasteiger partial charge in [-0.1, -0.05) is 48.8 Å². The summed E-state index contributed by atoms with van der Waals surface area (Å²) in [5.41, 5.74) is 6.11. The maximum absolute atomic E-state index is 6.11. The van der Waals surface area contributed by atoms with Gasteiger partial charge < -0.3 is 5.73 Å². The Hall–Kier alpha value is 0.690. The predicted octanol–water partition coefficient (Wildman–Crippen LogP) is 3.74. The van der Waals surface area contributed by atoms with Gasteiger partial charge in [0.2, 0.25) is 0 Å². The standard InChI is InChI=1S/C13H24IN/c1-9(14)10-5-2-3-7-11-12(13(11)15)8-4-6-10/h9-13H,2-8,15H2,1H3. The summed E-state index contributed by atoms with van der Waals surface area (Å²) in [5.74, 6) is 2.77. The zero-order chi connectivity index (χ0) is 10.8. The third-order valence-corrected chi connectivity index (χ3v) is 5.54. The number of fused-ring (bicyclic) bond motifs is 1. The molecule has 0 heterocycles. The molecule has 0 aromatic heterocycles. The van der Waals surface area contributed by atoms with E-state index in [-0.39, 0.29) is 0 Å². The Kier molecular flexibility index (Phi) is 4.33. The molecule has 2 aliphatic rings. The van der Waals surface area contributed by atoms with Crippen molar-refractivity contribution < 1.29 is 0 Å². The Morgan fingerprint density at radius 3 is 2.20 bits per heavy atom. The van der Waals surface area contributed by atoms with Crippen molar-refractivity contribution in [3.05, 3.63) is 0 Å². The van der Waals surface area contributed by atoms with Gasteiger partial charge in [0.25, 0.3) is 0 Å². The van der Waals surface area contributed by atoms with E-state index in [0.717, 1.165) is 21.7 Å². The summed E-state index contributed by atoms with van der Waals surface area (Å²) >= 11 is 2.61. The van der Waals surface area contributed by atoms with Crippen molar-refractivity contribution in [3.63, 3.8) is 0 Å². The van der Waals surface area contributed by atoms with Gasteiger partial charge in [-0.25, -0.2) is 0 Å². The Labute approximate surface area is 108 Å². The molecule has 15 heavy (non-hydrogen) atoms. The minimum Gasteiger partial charge on any atom is -0.327 e. The molecule has 0 spiro atoms. The van der Waals surface area contributed by atoms with Crippen molar-refractivity contribution in [2.75, 3.05) is 0 Å². The van der Waals surface area contributed by atoms with Crippen LogP contribution in [0.5, 0.6) is 0 Å². The molecule has 2 aliphatic carbocycles. The average Bonchev–Trinajstić information content (AvgIpc) is 2.82. The summed E-state index contributed by atoms with van der Waals surface area (Å²) in [5, 5.41) is 0. The Balaban J connectivity index is 1.82. The molecule has 2 saturated carbocycles. The van der Waals surface area contributed by atoms with Crippen molar-refractivity contribution in [2.24, 2.45) is 23.5 Å². The van der Waals surface area contributed by atoms with Gasteiger partial charge in [-0.05, 0) is 43.4 Å². The summed E-state index contributed by atoms with van der Waals surface area (Å²) in [7, 11) is 0. The lowest BCUT2D eigenvalue weighted by atomic mass is 9.90. The van der Waals surface area contributed by atoms with Crippen LogP contribution in [0.1, 0.15) is 51.9 Å². The molecule has 5 atom stereocenters. The van der Waals surface area contributed by atoms with Crippen LogP contribution < -0.4 is 5.73 Å². The van der Waals surface area contributed by atoms with E-state index in [1.54, 1.807) is 0 Å². The zero-order valence-corrected chi connectivity index (χ0v) is 11.9. The first-order valence-corrected chi connectivity index (χ1v) is 7.84. The Morgan fingerprint density at radius 1 is 1.00 bits per heavy atom. The molecule has 2 fully saturated rings. The lowest BCUT2D eigenvalue weighted by Gasteiger charge is -2.20. The number of halogens is 1.